The number of anilines is 2. The molecule has 0 saturated heterocycles. The second-order valence-corrected chi connectivity index (χ2v) is 4.06. The quantitative estimate of drug-likeness (QED) is 0.480. The van der Waals surface area contributed by atoms with E-state index in [-0.39, 0.29) is 5.69 Å². The van der Waals surface area contributed by atoms with Crippen LogP contribution in [0.1, 0.15) is 19.8 Å². The smallest absolute Gasteiger partial charge is 0.273 e. The first kappa shape index (κ1) is 10.7. The summed E-state index contributed by atoms with van der Waals surface area (Å²) in [5.41, 5.74) is 7.05. The largest absolute Gasteiger partial charge is 0.398 e. The number of nitro benzene ring substituents is 1. The van der Waals surface area contributed by atoms with Crippen LogP contribution in [0.15, 0.2) is 18.2 Å². The van der Waals surface area contributed by atoms with E-state index < -0.39 is 4.92 Å². The highest BCUT2D eigenvalue weighted by Crippen LogP contribution is 2.34. The summed E-state index contributed by atoms with van der Waals surface area (Å²) in [6.07, 6.45) is 2.33. The summed E-state index contributed by atoms with van der Waals surface area (Å²) in [5.74, 6) is 0. The molecular formula is C11H15N3O2. The van der Waals surface area contributed by atoms with Crippen LogP contribution in [0.4, 0.5) is 17.1 Å². The van der Waals surface area contributed by atoms with Crippen molar-refractivity contribution in [1.82, 2.24) is 0 Å². The average Bonchev–Trinajstić information content (AvgIpc) is 3.02. The lowest BCUT2D eigenvalue weighted by molar-refractivity contribution is -0.384. The molecule has 0 spiro atoms. The molecule has 1 aliphatic rings. The lowest BCUT2D eigenvalue weighted by Gasteiger charge is -2.22. The van der Waals surface area contributed by atoms with Crippen molar-refractivity contribution in [2.75, 3.05) is 17.2 Å². The zero-order valence-corrected chi connectivity index (χ0v) is 9.22. The number of nitrogens with two attached hydrogens (primary N) is 1. The third kappa shape index (κ3) is 2.08. The van der Waals surface area contributed by atoms with Crippen LogP contribution < -0.4 is 10.6 Å². The Hall–Kier alpha value is -1.78. The van der Waals surface area contributed by atoms with Gasteiger partial charge in [-0.15, -0.1) is 0 Å². The maximum absolute atomic E-state index is 10.7. The molecule has 0 bridgehead atoms. The van der Waals surface area contributed by atoms with E-state index in [4.69, 9.17) is 5.73 Å². The standard InChI is InChI=1S/C11H15N3O2/c1-2-13(9-3-4-9)10-5-8(12)6-11(7-10)14(15)16/h5-7,9H,2-4,12H2,1H3. The van der Waals surface area contributed by atoms with Gasteiger partial charge in [0.15, 0.2) is 0 Å². The fraction of sp³-hybridized carbons (Fsp3) is 0.455. The van der Waals surface area contributed by atoms with Crippen molar-refractivity contribution in [3.8, 4) is 0 Å². The van der Waals surface area contributed by atoms with Gasteiger partial charge in [0.25, 0.3) is 5.69 Å². The highest BCUT2D eigenvalue weighted by atomic mass is 16.6. The number of benzene rings is 1. The van der Waals surface area contributed by atoms with Crippen LogP contribution in [-0.4, -0.2) is 17.5 Å². The fourth-order valence-corrected chi connectivity index (χ4v) is 1.93. The van der Waals surface area contributed by atoms with E-state index in [2.05, 4.69) is 4.90 Å². The molecule has 0 aromatic heterocycles. The van der Waals surface area contributed by atoms with Crippen LogP contribution in [0, 0.1) is 10.1 Å². The van der Waals surface area contributed by atoms with E-state index in [0.29, 0.717) is 11.7 Å². The van der Waals surface area contributed by atoms with E-state index in [0.717, 1.165) is 25.1 Å². The minimum atomic E-state index is -0.402. The number of rotatable bonds is 4. The first-order chi connectivity index (χ1) is 7.61. The monoisotopic (exact) mass is 221 g/mol. The Labute approximate surface area is 94.0 Å². The van der Waals surface area contributed by atoms with Gasteiger partial charge in [0.2, 0.25) is 0 Å². The molecule has 0 unspecified atom stereocenters. The van der Waals surface area contributed by atoms with Gasteiger partial charge in [0.1, 0.15) is 0 Å². The third-order valence-corrected chi connectivity index (χ3v) is 2.80. The summed E-state index contributed by atoms with van der Waals surface area (Å²) in [4.78, 5) is 12.5. The van der Waals surface area contributed by atoms with E-state index >= 15 is 0 Å². The van der Waals surface area contributed by atoms with E-state index in [1.807, 2.05) is 6.92 Å². The van der Waals surface area contributed by atoms with Crippen LogP contribution in [0.25, 0.3) is 0 Å². The highest BCUT2D eigenvalue weighted by Gasteiger charge is 2.29. The molecule has 1 aromatic carbocycles. The second kappa shape index (κ2) is 4.00. The van der Waals surface area contributed by atoms with E-state index in [9.17, 15) is 10.1 Å². The molecule has 0 aliphatic heterocycles. The van der Waals surface area contributed by atoms with Gasteiger partial charge in [-0.3, -0.25) is 10.1 Å². The summed E-state index contributed by atoms with van der Waals surface area (Å²) in [5, 5.41) is 10.7. The van der Waals surface area contributed by atoms with Crippen LogP contribution in [-0.2, 0) is 0 Å². The number of nitro groups is 1. The molecule has 0 heterocycles. The maximum atomic E-state index is 10.7. The zero-order chi connectivity index (χ0) is 11.7. The van der Waals surface area contributed by atoms with Gasteiger partial charge in [-0.25, -0.2) is 0 Å². The number of hydrogen-bond donors (Lipinski definition) is 1. The van der Waals surface area contributed by atoms with Crippen LogP contribution >= 0.6 is 0 Å². The average molecular weight is 221 g/mol. The molecule has 5 nitrogen and oxygen atoms in total. The number of nitrogen functional groups attached to an aromatic ring is 1. The van der Waals surface area contributed by atoms with Crippen molar-refractivity contribution in [2.24, 2.45) is 0 Å². The molecule has 5 heteroatoms. The predicted molar refractivity (Wildman–Crippen MR) is 63.6 cm³/mol. The minimum Gasteiger partial charge on any atom is -0.398 e. The summed E-state index contributed by atoms with van der Waals surface area (Å²) in [7, 11) is 0. The van der Waals surface area contributed by atoms with Crippen molar-refractivity contribution in [1.29, 1.82) is 0 Å². The predicted octanol–water partition coefficient (Wildman–Crippen LogP) is 2.17. The number of non-ortho nitro benzene ring substituents is 1. The van der Waals surface area contributed by atoms with Gasteiger partial charge >= 0.3 is 0 Å². The minimum absolute atomic E-state index is 0.0640. The molecule has 1 fully saturated rings. The lowest BCUT2D eigenvalue weighted by Crippen LogP contribution is -2.25. The molecule has 0 radical (unpaired) electrons. The molecular weight excluding hydrogens is 206 g/mol. The van der Waals surface area contributed by atoms with Gasteiger partial charge in [-0.1, -0.05) is 0 Å². The van der Waals surface area contributed by atoms with E-state index in [1.54, 1.807) is 12.1 Å². The van der Waals surface area contributed by atoms with Crippen molar-refractivity contribution < 1.29 is 4.92 Å². The van der Waals surface area contributed by atoms with Gasteiger partial charge in [0, 0.05) is 36.1 Å². The summed E-state index contributed by atoms with van der Waals surface area (Å²) >= 11 is 0. The lowest BCUT2D eigenvalue weighted by atomic mass is 10.2. The topological polar surface area (TPSA) is 72.4 Å². The SMILES string of the molecule is CCN(c1cc(N)cc([N+](=O)[O-])c1)C1CC1. The molecule has 0 amide bonds. The fourth-order valence-electron chi connectivity index (χ4n) is 1.93. The highest BCUT2D eigenvalue weighted by molar-refractivity contribution is 5.63. The van der Waals surface area contributed by atoms with Gasteiger partial charge in [0.05, 0.1) is 4.92 Å². The van der Waals surface area contributed by atoms with E-state index in [1.165, 1.54) is 6.07 Å². The van der Waals surface area contributed by atoms with Gasteiger partial charge in [-0.05, 0) is 25.8 Å². The Kier molecular flexibility index (Phi) is 2.68. The van der Waals surface area contributed by atoms with Crippen LogP contribution in [0.2, 0.25) is 0 Å². The molecule has 16 heavy (non-hydrogen) atoms. The molecule has 2 N–H and O–H groups in total. The Morgan fingerprint density at radius 1 is 1.50 bits per heavy atom. The Morgan fingerprint density at radius 2 is 2.19 bits per heavy atom. The first-order valence-corrected chi connectivity index (χ1v) is 5.43. The molecule has 1 aliphatic carbocycles. The molecule has 0 atom stereocenters. The zero-order valence-electron chi connectivity index (χ0n) is 9.22. The van der Waals surface area contributed by atoms with Crippen LogP contribution in [0.5, 0.6) is 0 Å². The van der Waals surface area contributed by atoms with Crippen molar-refractivity contribution in [3.63, 3.8) is 0 Å². The molecule has 86 valence electrons. The molecule has 1 saturated carbocycles. The number of hydrogen-bond acceptors (Lipinski definition) is 4. The maximum Gasteiger partial charge on any atom is 0.273 e. The van der Waals surface area contributed by atoms with Gasteiger partial charge < -0.3 is 10.6 Å². The summed E-state index contributed by atoms with van der Waals surface area (Å²) < 4.78 is 0. The normalized spacial score (nSPS) is 14.8. The second-order valence-electron chi connectivity index (χ2n) is 4.06. The molecule has 2 rings (SSSR count). The van der Waals surface area contributed by atoms with Crippen molar-refractivity contribution in [2.45, 2.75) is 25.8 Å². The molecule has 1 aromatic rings. The van der Waals surface area contributed by atoms with Crippen molar-refractivity contribution >= 4 is 17.1 Å². The number of nitrogens with zero attached hydrogens (tertiary/aromatic N) is 2. The Morgan fingerprint density at radius 3 is 2.69 bits per heavy atom. The van der Waals surface area contributed by atoms with Gasteiger partial charge in [-0.2, -0.15) is 0 Å². The summed E-state index contributed by atoms with van der Waals surface area (Å²) in [6, 6.07) is 5.32. The third-order valence-electron chi connectivity index (χ3n) is 2.80. The first-order valence-electron chi connectivity index (χ1n) is 5.43. The van der Waals surface area contributed by atoms with Crippen LogP contribution in [0.3, 0.4) is 0 Å². The van der Waals surface area contributed by atoms with Crippen molar-refractivity contribution in [3.05, 3.63) is 28.3 Å². The Bertz CT molecular complexity index is 416. The summed E-state index contributed by atoms with van der Waals surface area (Å²) in [6.45, 7) is 2.90. The Balaban J connectivity index is 2.35.